The molecule has 3 heterocycles. The number of nitrogens with zero attached hydrogens (tertiary/aromatic N) is 2. The van der Waals surface area contributed by atoms with Crippen LogP contribution >= 0.6 is 11.3 Å². The first-order chi connectivity index (χ1) is 11.6. The maximum absolute atomic E-state index is 12.9. The van der Waals surface area contributed by atoms with Crippen molar-refractivity contribution in [3.05, 3.63) is 29.3 Å². The summed E-state index contributed by atoms with van der Waals surface area (Å²) in [5.74, 6) is -0.00875. The van der Waals surface area contributed by atoms with Gasteiger partial charge in [-0.15, -0.1) is 11.3 Å². The number of carbonyl (C=O) groups excluding carboxylic acids is 1. The molecule has 2 fully saturated rings. The molecule has 0 radical (unpaired) electrons. The molecule has 4 rings (SSSR count). The minimum absolute atomic E-state index is 0.00875. The van der Waals surface area contributed by atoms with Gasteiger partial charge in [0.2, 0.25) is 0 Å². The molecule has 24 heavy (non-hydrogen) atoms. The zero-order chi connectivity index (χ0) is 16.7. The number of aromatic nitrogens is 1. The van der Waals surface area contributed by atoms with Gasteiger partial charge in [-0.3, -0.25) is 4.79 Å². The second-order valence-corrected chi connectivity index (χ2v) is 7.37. The van der Waals surface area contributed by atoms with Crippen molar-refractivity contribution in [1.82, 2.24) is 9.88 Å². The van der Waals surface area contributed by atoms with Crippen LogP contribution in [0.4, 0.5) is 0 Å². The van der Waals surface area contributed by atoms with E-state index in [1.807, 2.05) is 18.2 Å². The van der Waals surface area contributed by atoms with E-state index in [2.05, 4.69) is 4.98 Å². The van der Waals surface area contributed by atoms with Crippen molar-refractivity contribution in [2.45, 2.75) is 37.1 Å². The van der Waals surface area contributed by atoms with Gasteiger partial charge in [0.25, 0.3) is 5.91 Å². The first kappa shape index (κ1) is 16.0. The third-order valence-electron chi connectivity index (χ3n) is 5.19. The Bertz CT molecular complexity index is 754. The minimum atomic E-state index is -0.881. The van der Waals surface area contributed by atoms with Crippen LogP contribution in [-0.2, 0) is 4.74 Å². The molecule has 2 atom stereocenters. The van der Waals surface area contributed by atoms with E-state index in [-0.39, 0.29) is 5.91 Å². The first-order valence-electron chi connectivity index (χ1n) is 8.22. The Balaban J connectivity index is 1.52. The lowest BCUT2D eigenvalue weighted by Crippen LogP contribution is -2.60. The molecule has 0 unspecified atom stereocenters. The Morgan fingerprint density at radius 1 is 1.33 bits per heavy atom. The van der Waals surface area contributed by atoms with Gasteiger partial charge >= 0.3 is 0 Å². The molecule has 2 N–H and O–H groups in total. The minimum Gasteiger partial charge on any atom is -0.390 e. The van der Waals surface area contributed by atoms with E-state index in [1.165, 1.54) is 11.3 Å². The molecule has 1 amide bonds. The third kappa shape index (κ3) is 2.52. The van der Waals surface area contributed by atoms with Gasteiger partial charge in [0.1, 0.15) is 6.10 Å². The number of rotatable bonds is 1. The zero-order valence-corrected chi connectivity index (χ0v) is 14.0. The molecular weight excluding hydrogens is 328 g/mol. The summed E-state index contributed by atoms with van der Waals surface area (Å²) in [6.07, 6.45) is -0.0927. The number of hydrogen-bond acceptors (Lipinski definition) is 6. The Labute approximate surface area is 143 Å². The van der Waals surface area contributed by atoms with Gasteiger partial charge in [-0.1, -0.05) is 6.07 Å². The van der Waals surface area contributed by atoms with Crippen molar-refractivity contribution >= 4 is 27.5 Å². The Morgan fingerprint density at radius 3 is 2.92 bits per heavy atom. The molecule has 0 aliphatic carbocycles. The predicted octanol–water partition coefficient (Wildman–Crippen LogP) is 1.41. The van der Waals surface area contributed by atoms with Crippen LogP contribution in [0, 0.1) is 0 Å². The van der Waals surface area contributed by atoms with Crippen molar-refractivity contribution < 1.29 is 19.7 Å². The summed E-state index contributed by atoms with van der Waals surface area (Å²) in [5.41, 5.74) is 2.55. The summed E-state index contributed by atoms with van der Waals surface area (Å²) < 4.78 is 6.73. The van der Waals surface area contributed by atoms with Gasteiger partial charge in [-0.05, 0) is 31.4 Å². The summed E-state index contributed by atoms with van der Waals surface area (Å²) in [6, 6.07) is 5.59. The van der Waals surface area contributed by atoms with Gasteiger partial charge in [-0.25, -0.2) is 4.98 Å². The lowest BCUT2D eigenvalue weighted by molar-refractivity contribution is -0.212. The molecule has 0 saturated carbocycles. The molecular formula is C17H20N2O4S. The van der Waals surface area contributed by atoms with Crippen molar-refractivity contribution in [3.8, 4) is 0 Å². The molecule has 6 nitrogen and oxygen atoms in total. The largest absolute Gasteiger partial charge is 0.390 e. The second kappa shape index (κ2) is 6.07. The van der Waals surface area contributed by atoms with E-state index < -0.39 is 17.8 Å². The van der Waals surface area contributed by atoms with Crippen molar-refractivity contribution in [1.29, 1.82) is 0 Å². The molecule has 1 spiro atoms. The topological polar surface area (TPSA) is 82.9 Å². The summed E-state index contributed by atoms with van der Waals surface area (Å²) in [7, 11) is 0. The van der Waals surface area contributed by atoms with Crippen LogP contribution in [0.5, 0.6) is 0 Å². The highest BCUT2D eigenvalue weighted by molar-refractivity contribution is 7.17. The smallest absolute Gasteiger partial charge is 0.255 e. The van der Waals surface area contributed by atoms with Crippen LogP contribution in [0.15, 0.2) is 23.7 Å². The lowest BCUT2D eigenvalue weighted by atomic mass is 9.80. The number of fused-ring (bicyclic) bond motifs is 1. The fourth-order valence-electron chi connectivity index (χ4n) is 3.73. The van der Waals surface area contributed by atoms with Gasteiger partial charge in [0, 0.05) is 13.1 Å². The molecule has 1 aromatic carbocycles. The number of thiazole rings is 1. The standard InChI is InChI=1S/C17H20N2O4S/c20-13-4-9-23-17(15(13)21)5-7-19(8-6-17)16(22)11-2-1-3-12-14(11)24-10-18-12/h1-3,10,13,15,20-21H,4-9H2/t13-,15-/m0/s1. The number of piperidine rings is 1. The fraction of sp³-hybridized carbons (Fsp3) is 0.529. The second-order valence-electron chi connectivity index (χ2n) is 6.51. The van der Waals surface area contributed by atoms with E-state index in [4.69, 9.17) is 4.74 Å². The number of hydrogen-bond donors (Lipinski definition) is 2. The van der Waals surface area contributed by atoms with Gasteiger partial charge in [0.05, 0.1) is 39.6 Å². The number of aliphatic hydroxyl groups is 2. The SMILES string of the molecule is O=C(c1cccc2ncsc12)N1CCC2(CC1)OCC[C@H](O)[C@@H]2O. The van der Waals surface area contributed by atoms with Crippen LogP contribution in [0.3, 0.4) is 0 Å². The van der Waals surface area contributed by atoms with Gasteiger partial charge < -0.3 is 19.8 Å². The number of benzene rings is 1. The molecule has 2 aromatic rings. The quantitative estimate of drug-likeness (QED) is 0.814. The van der Waals surface area contributed by atoms with E-state index in [1.54, 1.807) is 10.4 Å². The molecule has 2 aliphatic rings. The number of ether oxygens (including phenoxy) is 1. The Kier molecular flexibility index (Phi) is 4.04. The summed E-state index contributed by atoms with van der Waals surface area (Å²) in [4.78, 5) is 18.9. The van der Waals surface area contributed by atoms with Crippen LogP contribution in [0.1, 0.15) is 29.6 Å². The van der Waals surface area contributed by atoms with Crippen molar-refractivity contribution in [2.24, 2.45) is 0 Å². The summed E-state index contributed by atoms with van der Waals surface area (Å²) >= 11 is 1.47. The highest BCUT2D eigenvalue weighted by atomic mass is 32.1. The van der Waals surface area contributed by atoms with Gasteiger partial charge in [-0.2, -0.15) is 0 Å². The first-order valence-corrected chi connectivity index (χ1v) is 9.10. The molecule has 0 bridgehead atoms. The zero-order valence-electron chi connectivity index (χ0n) is 13.2. The number of carbonyl (C=O) groups is 1. The van der Waals surface area contributed by atoms with Gasteiger partial charge in [0.15, 0.2) is 0 Å². The molecule has 1 aromatic heterocycles. The van der Waals surface area contributed by atoms with Crippen LogP contribution in [0.2, 0.25) is 0 Å². The number of amides is 1. The van der Waals surface area contributed by atoms with E-state index in [9.17, 15) is 15.0 Å². The molecule has 2 saturated heterocycles. The number of likely N-dealkylation sites (tertiary alicyclic amines) is 1. The maximum Gasteiger partial charge on any atom is 0.255 e. The molecule has 128 valence electrons. The third-order valence-corrected chi connectivity index (χ3v) is 6.07. The highest BCUT2D eigenvalue weighted by Gasteiger charge is 2.48. The maximum atomic E-state index is 12.9. The van der Waals surface area contributed by atoms with Crippen molar-refractivity contribution in [3.63, 3.8) is 0 Å². The summed E-state index contributed by atoms with van der Waals surface area (Å²) in [6.45, 7) is 1.47. The van der Waals surface area contributed by atoms with Crippen molar-refractivity contribution in [2.75, 3.05) is 19.7 Å². The van der Waals surface area contributed by atoms with Crippen LogP contribution in [-0.4, -0.2) is 63.5 Å². The monoisotopic (exact) mass is 348 g/mol. The molecule has 7 heteroatoms. The Morgan fingerprint density at radius 2 is 2.12 bits per heavy atom. The highest BCUT2D eigenvalue weighted by Crippen LogP contribution is 2.36. The Hall–Kier alpha value is -1.54. The predicted molar refractivity (Wildman–Crippen MR) is 90.1 cm³/mol. The fourth-order valence-corrected chi connectivity index (χ4v) is 4.53. The molecule has 2 aliphatic heterocycles. The normalized spacial score (nSPS) is 26.8. The van der Waals surface area contributed by atoms with E-state index in [0.717, 1.165) is 10.2 Å². The van der Waals surface area contributed by atoms with Crippen LogP contribution in [0.25, 0.3) is 10.2 Å². The average molecular weight is 348 g/mol. The average Bonchev–Trinajstić information content (AvgIpc) is 3.08. The lowest BCUT2D eigenvalue weighted by Gasteiger charge is -2.48. The van der Waals surface area contributed by atoms with E-state index in [0.29, 0.717) is 44.5 Å². The summed E-state index contributed by atoms with van der Waals surface area (Å²) in [5, 5.41) is 20.3. The van der Waals surface area contributed by atoms with E-state index >= 15 is 0 Å². The number of aliphatic hydroxyl groups excluding tert-OH is 2. The van der Waals surface area contributed by atoms with Crippen LogP contribution < -0.4 is 0 Å².